The van der Waals surface area contributed by atoms with Crippen molar-refractivity contribution in [2.24, 2.45) is 5.84 Å². The van der Waals surface area contributed by atoms with Gasteiger partial charge in [-0.05, 0) is 11.6 Å². The topological polar surface area (TPSA) is 94.1 Å². The van der Waals surface area contributed by atoms with Crippen molar-refractivity contribution < 1.29 is 4.92 Å². The second-order valence-electron chi connectivity index (χ2n) is 3.34. The third kappa shape index (κ3) is 2.97. The van der Waals surface area contributed by atoms with E-state index in [1.807, 2.05) is 11.4 Å². The first kappa shape index (κ1) is 12.8. The minimum Gasteiger partial charge on any atom is -0.318 e. The maximum Gasteiger partial charge on any atom is 0.293 e. The summed E-state index contributed by atoms with van der Waals surface area (Å²) in [5.41, 5.74) is 3.47. The Hall–Kier alpha value is -1.64. The second kappa shape index (κ2) is 5.80. The van der Waals surface area contributed by atoms with Crippen molar-refractivity contribution in [3.05, 3.63) is 45.5 Å². The Bertz CT molecular complexity index is 545. The Balaban J connectivity index is 2.14. The SMILES string of the molecule is NNc1ccc(CSc2nccs2)cc1[N+](=O)[O-]. The van der Waals surface area contributed by atoms with Gasteiger partial charge in [-0.2, -0.15) is 0 Å². The standard InChI is InChI=1S/C10H10N4O2S2/c11-13-8-2-1-7(5-9(8)14(15)16)6-18-10-12-3-4-17-10/h1-5,13H,6,11H2. The zero-order valence-corrected chi connectivity index (χ0v) is 10.8. The molecule has 94 valence electrons. The van der Waals surface area contributed by atoms with Gasteiger partial charge in [0.25, 0.3) is 5.69 Å². The van der Waals surface area contributed by atoms with Gasteiger partial charge in [0, 0.05) is 23.4 Å². The summed E-state index contributed by atoms with van der Waals surface area (Å²) in [4.78, 5) is 14.5. The molecular formula is C10H10N4O2S2. The summed E-state index contributed by atoms with van der Waals surface area (Å²) < 4.78 is 0.943. The van der Waals surface area contributed by atoms with Gasteiger partial charge in [0.05, 0.1) is 4.92 Å². The van der Waals surface area contributed by atoms with E-state index in [1.54, 1.807) is 35.4 Å². The van der Waals surface area contributed by atoms with E-state index >= 15 is 0 Å². The third-order valence-electron chi connectivity index (χ3n) is 2.19. The average molecular weight is 282 g/mol. The fourth-order valence-electron chi connectivity index (χ4n) is 1.37. The summed E-state index contributed by atoms with van der Waals surface area (Å²) in [6.45, 7) is 0. The molecule has 18 heavy (non-hydrogen) atoms. The van der Waals surface area contributed by atoms with E-state index in [2.05, 4.69) is 10.4 Å². The number of thioether (sulfide) groups is 1. The zero-order chi connectivity index (χ0) is 13.0. The molecule has 1 heterocycles. The lowest BCUT2D eigenvalue weighted by atomic mass is 10.2. The predicted octanol–water partition coefficient (Wildman–Crippen LogP) is 2.63. The van der Waals surface area contributed by atoms with Gasteiger partial charge < -0.3 is 5.43 Å². The molecule has 0 saturated carbocycles. The van der Waals surface area contributed by atoms with Crippen LogP contribution in [0.2, 0.25) is 0 Å². The molecular weight excluding hydrogens is 272 g/mol. The van der Waals surface area contributed by atoms with Crippen LogP contribution in [0, 0.1) is 10.1 Å². The Labute approximate surface area is 111 Å². The van der Waals surface area contributed by atoms with Crippen molar-refractivity contribution in [2.45, 2.75) is 10.1 Å². The largest absolute Gasteiger partial charge is 0.318 e. The summed E-state index contributed by atoms with van der Waals surface area (Å²) in [6, 6.07) is 4.94. The number of nitrogens with zero attached hydrogens (tertiary/aromatic N) is 2. The van der Waals surface area contributed by atoms with Crippen LogP contribution in [0.5, 0.6) is 0 Å². The fourth-order valence-corrected chi connectivity index (χ4v) is 2.95. The molecule has 0 amide bonds. The molecule has 0 atom stereocenters. The molecule has 0 fully saturated rings. The fraction of sp³-hybridized carbons (Fsp3) is 0.100. The maximum absolute atomic E-state index is 10.9. The number of nitro benzene ring substituents is 1. The minimum absolute atomic E-state index is 0.0188. The molecule has 0 aliphatic heterocycles. The number of nitro groups is 1. The Morgan fingerprint density at radius 3 is 3.00 bits per heavy atom. The highest BCUT2D eigenvalue weighted by Crippen LogP contribution is 2.29. The maximum atomic E-state index is 10.9. The van der Waals surface area contributed by atoms with Crippen LogP contribution in [0.1, 0.15) is 5.56 Å². The zero-order valence-electron chi connectivity index (χ0n) is 9.20. The normalized spacial score (nSPS) is 10.3. The molecule has 2 rings (SSSR count). The Morgan fingerprint density at radius 2 is 2.39 bits per heavy atom. The third-order valence-corrected chi connectivity index (χ3v) is 4.22. The van der Waals surface area contributed by atoms with Gasteiger partial charge in [0.15, 0.2) is 0 Å². The average Bonchev–Trinajstić information content (AvgIpc) is 2.89. The van der Waals surface area contributed by atoms with E-state index in [4.69, 9.17) is 5.84 Å². The summed E-state index contributed by atoms with van der Waals surface area (Å²) in [5, 5.41) is 12.8. The molecule has 0 unspecified atom stereocenters. The van der Waals surface area contributed by atoms with Crippen LogP contribution in [0.15, 0.2) is 34.1 Å². The number of benzene rings is 1. The number of rotatable bonds is 5. The highest BCUT2D eigenvalue weighted by atomic mass is 32.2. The number of hydrazine groups is 1. The molecule has 0 aliphatic carbocycles. The number of anilines is 1. The Kier molecular flexibility index (Phi) is 4.13. The molecule has 0 spiro atoms. The van der Waals surface area contributed by atoms with E-state index in [9.17, 15) is 10.1 Å². The molecule has 3 N–H and O–H groups in total. The van der Waals surface area contributed by atoms with Crippen molar-refractivity contribution in [2.75, 3.05) is 5.43 Å². The molecule has 8 heteroatoms. The van der Waals surface area contributed by atoms with Gasteiger partial charge >= 0.3 is 0 Å². The van der Waals surface area contributed by atoms with Crippen LogP contribution in [0.3, 0.4) is 0 Å². The number of hydrogen-bond acceptors (Lipinski definition) is 7. The van der Waals surface area contributed by atoms with Crippen molar-refractivity contribution in [1.29, 1.82) is 0 Å². The second-order valence-corrected chi connectivity index (χ2v) is 5.46. The van der Waals surface area contributed by atoms with Crippen LogP contribution in [0.4, 0.5) is 11.4 Å². The van der Waals surface area contributed by atoms with E-state index in [-0.39, 0.29) is 5.69 Å². The molecule has 2 aromatic rings. The molecule has 1 aromatic carbocycles. The molecule has 6 nitrogen and oxygen atoms in total. The van der Waals surface area contributed by atoms with Crippen LogP contribution >= 0.6 is 23.1 Å². The first-order valence-electron chi connectivity index (χ1n) is 4.97. The van der Waals surface area contributed by atoms with E-state index in [1.165, 1.54) is 6.07 Å². The summed E-state index contributed by atoms with van der Waals surface area (Å²) in [5.74, 6) is 5.86. The van der Waals surface area contributed by atoms with Crippen LogP contribution in [-0.2, 0) is 5.75 Å². The summed E-state index contributed by atoms with van der Waals surface area (Å²) in [6.07, 6.45) is 1.73. The number of hydrogen-bond donors (Lipinski definition) is 2. The van der Waals surface area contributed by atoms with E-state index < -0.39 is 4.92 Å². The van der Waals surface area contributed by atoms with Gasteiger partial charge in [-0.25, -0.2) is 4.98 Å². The highest BCUT2D eigenvalue weighted by Gasteiger charge is 2.13. The first-order valence-corrected chi connectivity index (χ1v) is 6.83. The van der Waals surface area contributed by atoms with Crippen molar-refractivity contribution in [3.63, 3.8) is 0 Å². The van der Waals surface area contributed by atoms with Crippen LogP contribution < -0.4 is 11.3 Å². The number of nitrogens with two attached hydrogens (primary N) is 1. The van der Waals surface area contributed by atoms with Gasteiger partial charge in [0.2, 0.25) is 0 Å². The van der Waals surface area contributed by atoms with Gasteiger partial charge in [0.1, 0.15) is 10.0 Å². The lowest BCUT2D eigenvalue weighted by molar-refractivity contribution is -0.384. The van der Waals surface area contributed by atoms with Crippen molar-refractivity contribution in [1.82, 2.24) is 4.98 Å². The van der Waals surface area contributed by atoms with Crippen molar-refractivity contribution >= 4 is 34.5 Å². The van der Waals surface area contributed by atoms with Gasteiger partial charge in [-0.3, -0.25) is 16.0 Å². The molecule has 0 bridgehead atoms. The molecule has 0 saturated heterocycles. The highest BCUT2D eigenvalue weighted by molar-refractivity contribution is 8.00. The Morgan fingerprint density at radius 1 is 1.56 bits per heavy atom. The molecule has 0 radical (unpaired) electrons. The van der Waals surface area contributed by atoms with E-state index in [0.29, 0.717) is 11.4 Å². The first-order chi connectivity index (χ1) is 8.70. The monoisotopic (exact) mass is 282 g/mol. The predicted molar refractivity (Wildman–Crippen MR) is 72.6 cm³/mol. The van der Waals surface area contributed by atoms with Crippen LogP contribution in [-0.4, -0.2) is 9.91 Å². The number of nitrogen functional groups attached to an aromatic ring is 1. The number of nitrogens with one attached hydrogen (secondary N) is 1. The van der Waals surface area contributed by atoms with Gasteiger partial charge in [-0.1, -0.05) is 17.8 Å². The summed E-state index contributed by atoms with van der Waals surface area (Å²) >= 11 is 3.09. The minimum atomic E-state index is -0.452. The summed E-state index contributed by atoms with van der Waals surface area (Å²) in [7, 11) is 0. The number of aromatic nitrogens is 1. The molecule has 1 aromatic heterocycles. The van der Waals surface area contributed by atoms with Gasteiger partial charge in [-0.15, -0.1) is 11.3 Å². The smallest absolute Gasteiger partial charge is 0.293 e. The quantitative estimate of drug-likeness (QED) is 0.379. The number of thiazole rings is 1. The van der Waals surface area contributed by atoms with Crippen LogP contribution in [0.25, 0.3) is 0 Å². The van der Waals surface area contributed by atoms with Crippen molar-refractivity contribution in [3.8, 4) is 0 Å². The lowest BCUT2D eigenvalue weighted by Crippen LogP contribution is -2.09. The van der Waals surface area contributed by atoms with E-state index in [0.717, 1.165) is 9.90 Å². The molecule has 0 aliphatic rings. The lowest BCUT2D eigenvalue weighted by Gasteiger charge is -2.04.